The molecule has 31 heavy (non-hydrogen) atoms. The normalized spacial score (nSPS) is 16.5. The lowest BCUT2D eigenvalue weighted by molar-refractivity contribution is -0.129. The Labute approximate surface area is 183 Å². The first kappa shape index (κ1) is 19.8. The summed E-state index contributed by atoms with van der Waals surface area (Å²) in [6.45, 7) is 2.04. The molecule has 4 heterocycles. The summed E-state index contributed by atoms with van der Waals surface area (Å²) < 4.78 is 7.33. The van der Waals surface area contributed by atoms with Gasteiger partial charge in [-0.2, -0.15) is 0 Å². The molecular weight excluding hydrogens is 416 g/mol. The van der Waals surface area contributed by atoms with E-state index in [-0.39, 0.29) is 11.8 Å². The number of carbonyl (C=O) groups excluding carboxylic acids is 2. The minimum Gasteiger partial charge on any atom is -0.459 e. The third-order valence-electron chi connectivity index (χ3n) is 5.49. The monoisotopic (exact) mass is 438 g/mol. The standard InChI is InChI=1S/C21H22N6O3S/c28-18(25-9-11-26(12-10-25)20(29)17-2-1-13-30-17)14-31-21-24-23-19(27(21)16-3-4-16)15-5-7-22-8-6-15/h1-2,5-8,13,16H,3-4,9-12,14H2. The molecule has 2 amide bonds. The lowest BCUT2D eigenvalue weighted by Gasteiger charge is -2.34. The first-order valence-electron chi connectivity index (χ1n) is 10.3. The first-order chi connectivity index (χ1) is 15.2. The smallest absolute Gasteiger partial charge is 0.289 e. The van der Waals surface area contributed by atoms with Gasteiger partial charge in [-0.25, -0.2) is 0 Å². The molecule has 0 spiro atoms. The molecule has 1 aliphatic carbocycles. The van der Waals surface area contributed by atoms with Crippen molar-refractivity contribution < 1.29 is 14.0 Å². The number of hydrogen-bond donors (Lipinski definition) is 0. The molecular formula is C21H22N6O3S. The molecule has 1 saturated heterocycles. The Bertz CT molecular complexity index is 1060. The molecule has 9 nitrogen and oxygen atoms in total. The molecule has 0 atom stereocenters. The van der Waals surface area contributed by atoms with E-state index >= 15 is 0 Å². The van der Waals surface area contributed by atoms with Crippen molar-refractivity contribution in [2.24, 2.45) is 0 Å². The van der Waals surface area contributed by atoms with Crippen LogP contribution in [0, 0.1) is 0 Å². The zero-order chi connectivity index (χ0) is 21.2. The molecule has 1 saturated carbocycles. The molecule has 10 heteroatoms. The molecule has 160 valence electrons. The maximum Gasteiger partial charge on any atom is 0.289 e. The van der Waals surface area contributed by atoms with E-state index in [2.05, 4.69) is 19.7 Å². The van der Waals surface area contributed by atoms with E-state index in [4.69, 9.17) is 4.42 Å². The van der Waals surface area contributed by atoms with Crippen LogP contribution in [0.2, 0.25) is 0 Å². The second-order valence-electron chi connectivity index (χ2n) is 7.58. The van der Waals surface area contributed by atoms with E-state index in [0.717, 1.165) is 29.4 Å². The topological polar surface area (TPSA) is 97.4 Å². The maximum absolute atomic E-state index is 12.8. The van der Waals surface area contributed by atoms with E-state index in [9.17, 15) is 9.59 Å². The Hall–Kier alpha value is -3.14. The summed E-state index contributed by atoms with van der Waals surface area (Å²) in [5, 5.41) is 9.51. The predicted octanol–water partition coefficient (Wildman–Crippen LogP) is 2.34. The average molecular weight is 439 g/mol. The van der Waals surface area contributed by atoms with Crippen molar-refractivity contribution >= 4 is 23.6 Å². The lowest BCUT2D eigenvalue weighted by Crippen LogP contribution is -2.51. The second-order valence-corrected chi connectivity index (χ2v) is 8.52. The van der Waals surface area contributed by atoms with Crippen LogP contribution in [0.3, 0.4) is 0 Å². The zero-order valence-corrected chi connectivity index (χ0v) is 17.7. The van der Waals surface area contributed by atoms with Gasteiger partial charge < -0.3 is 14.2 Å². The minimum absolute atomic E-state index is 0.0471. The quantitative estimate of drug-likeness (QED) is 0.545. The summed E-state index contributed by atoms with van der Waals surface area (Å²) in [5.74, 6) is 1.37. The van der Waals surface area contributed by atoms with E-state index in [1.165, 1.54) is 18.0 Å². The SMILES string of the molecule is O=C(CSc1nnc(-c2ccncc2)n1C1CC1)N1CCN(C(=O)c2ccco2)CC1. The van der Waals surface area contributed by atoms with E-state index in [1.54, 1.807) is 34.3 Å². The Morgan fingerprint density at radius 3 is 2.45 bits per heavy atom. The maximum atomic E-state index is 12.8. The predicted molar refractivity (Wildman–Crippen MR) is 113 cm³/mol. The number of rotatable bonds is 6. The zero-order valence-electron chi connectivity index (χ0n) is 16.9. The van der Waals surface area contributed by atoms with Crippen LogP contribution in [0.4, 0.5) is 0 Å². The highest BCUT2D eigenvalue weighted by Gasteiger charge is 2.31. The van der Waals surface area contributed by atoms with Gasteiger partial charge in [-0.3, -0.25) is 19.1 Å². The number of aromatic nitrogens is 4. The molecule has 0 radical (unpaired) electrons. The Morgan fingerprint density at radius 2 is 1.77 bits per heavy atom. The van der Waals surface area contributed by atoms with Gasteiger partial charge in [0.1, 0.15) is 0 Å². The van der Waals surface area contributed by atoms with Crippen LogP contribution in [0.1, 0.15) is 29.4 Å². The number of hydrogen-bond acceptors (Lipinski definition) is 7. The molecule has 2 fully saturated rings. The molecule has 5 rings (SSSR count). The van der Waals surface area contributed by atoms with E-state index in [0.29, 0.717) is 43.7 Å². The minimum atomic E-state index is -0.132. The van der Waals surface area contributed by atoms with Gasteiger partial charge in [-0.15, -0.1) is 10.2 Å². The molecule has 3 aromatic rings. The number of carbonyl (C=O) groups is 2. The second kappa shape index (κ2) is 8.54. The van der Waals surface area contributed by atoms with Gasteiger partial charge in [0.25, 0.3) is 5.91 Å². The van der Waals surface area contributed by atoms with Crippen LogP contribution in [-0.2, 0) is 4.79 Å². The van der Waals surface area contributed by atoms with Gasteiger partial charge in [0.2, 0.25) is 5.91 Å². The van der Waals surface area contributed by atoms with Gasteiger partial charge in [0, 0.05) is 50.2 Å². The van der Waals surface area contributed by atoms with Gasteiger partial charge >= 0.3 is 0 Å². The highest BCUT2D eigenvalue weighted by atomic mass is 32.2. The summed E-state index contributed by atoms with van der Waals surface area (Å²) in [7, 11) is 0. The summed E-state index contributed by atoms with van der Waals surface area (Å²) in [6, 6.07) is 7.60. The van der Waals surface area contributed by atoms with Crippen molar-refractivity contribution in [3.63, 3.8) is 0 Å². The molecule has 0 aromatic carbocycles. The largest absolute Gasteiger partial charge is 0.459 e. The van der Waals surface area contributed by atoms with Gasteiger partial charge in [-0.1, -0.05) is 11.8 Å². The fraction of sp³-hybridized carbons (Fsp3) is 0.381. The van der Waals surface area contributed by atoms with Crippen molar-refractivity contribution in [1.29, 1.82) is 0 Å². The Kier molecular flexibility index (Phi) is 5.46. The van der Waals surface area contributed by atoms with E-state index < -0.39 is 0 Å². The highest BCUT2D eigenvalue weighted by molar-refractivity contribution is 7.99. The fourth-order valence-corrected chi connectivity index (χ4v) is 4.58. The van der Waals surface area contributed by atoms with Crippen LogP contribution in [-0.4, -0.2) is 73.3 Å². The number of furan rings is 1. The van der Waals surface area contributed by atoms with Crippen LogP contribution in [0.25, 0.3) is 11.4 Å². The molecule has 0 N–H and O–H groups in total. The molecule has 1 aliphatic heterocycles. The lowest BCUT2D eigenvalue weighted by atomic mass is 10.2. The number of piperazine rings is 1. The van der Waals surface area contributed by atoms with Crippen LogP contribution >= 0.6 is 11.8 Å². The average Bonchev–Trinajstić information content (AvgIpc) is 3.33. The van der Waals surface area contributed by atoms with Crippen molar-refractivity contribution in [1.82, 2.24) is 29.5 Å². The van der Waals surface area contributed by atoms with Gasteiger partial charge in [-0.05, 0) is 37.1 Å². The third kappa shape index (κ3) is 4.20. The number of thioether (sulfide) groups is 1. The highest BCUT2D eigenvalue weighted by Crippen LogP contribution is 2.41. The molecule has 0 unspecified atom stereocenters. The first-order valence-corrected chi connectivity index (χ1v) is 11.3. The van der Waals surface area contributed by atoms with Crippen molar-refractivity contribution in [3.05, 3.63) is 48.7 Å². The van der Waals surface area contributed by atoms with Crippen molar-refractivity contribution in [2.75, 3.05) is 31.9 Å². The van der Waals surface area contributed by atoms with Gasteiger partial charge in [0.15, 0.2) is 16.7 Å². The fourth-order valence-electron chi connectivity index (χ4n) is 3.67. The summed E-state index contributed by atoms with van der Waals surface area (Å²) in [5.41, 5.74) is 0.977. The molecule has 3 aromatic heterocycles. The summed E-state index contributed by atoms with van der Waals surface area (Å²) in [4.78, 5) is 32.7. The van der Waals surface area contributed by atoms with E-state index in [1.807, 2.05) is 12.1 Å². The number of pyridine rings is 1. The van der Waals surface area contributed by atoms with Crippen LogP contribution < -0.4 is 0 Å². The van der Waals surface area contributed by atoms with Crippen LogP contribution in [0.15, 0.2) is 52.5 Å². The molecule has 0 bridgehead atoms. The number of nitrogens with zero attached hydrogens (tertiary/aromatic N) is 6. The third-order valence-corrected chi connectivity index (χ3v) is 6.42. The summed E-state index contributed by atoms with van der Waals surface area (Å²) >= 11 is 1.42. The Morgan fingerprint density at radius 1 is 1.03 bits per heavy atom. The Balaban J connectivity index is 1.19. The van der Waals surface area contributed by atoms with Crippen molar-refractivity contribution in [2.45, 2.75) is 24.0 Å². The summed E-state index contributed by atoms with van der Waals surface area (Å²) in [6.07, 6.45) is 7.18. The number of amides is 2. The van der Waals surface area contributed by atoms with Gasteiger partial charge in [0.05, 0.1) is 12.0 Å². The van der Waals surface area contributed by atoms with Crippen LogP contribution in [0.5, 0.6) is 0 Å². The van der Waals surface area contributed by atoms with Crippen molar-refractivity contribution in [3.8, 4) is 11.4 Å². The molecule has 2 aliphatic rings.